The van der Waals surface area contributed by atoms with Crippen molar-refractivity contribution in [1.82, 2.24) is 34.3 Å². The number of benzene rings is 1. The SMILES string of the molecule is C[C@@H](Oc1cc(N2CCN(CCn3ncc4c3nc(N)n3nc(-c5ccco5)nc43)CC2)c(F)cc1F)C(=O)O. The zero-order chi connectivity index (χ0) is 28.0. The van der Waals surface area contributed by atoms with Gasteiger partial charge >= 0.3 is 5.97 Å². The van der Waals surface area contributed by atoms with Crippen molar-refractivity contribution in [3.63, 3.8) is 0 Å². The van der Waals surface area contributed by atoms with E-state index in [1.807, 2.05) is 0 Å². The summed E-state index contributed by atoms with van der Waals surface area (Å²) in [5.41, 5.74) is 7.44. The highest BCUT2D eigenvalue weighted by Gasteiger charge is 2.24. The molecule has 13 nitrogen and oxygen atoms in total. The van der Waals surface area contributed by atoms with Crippen LogP contribution in [0.15, 0.2) is 41.1 Å². The second-order valence-electron chi connectivity index (χ2n) is 9.38. The summed E-state index contributed by atoms with van der Waals surface area (Å²) in [4.78, 5) is 24.1. The number of carboxylic acids is 1. The van der Waals surface area contributed by atoms with E-state index in [9.17, 15) is 13.6 Å². The summed E-state index contributed by atoms with van der Waals surface area (Å²) in [6.45, 7) is 4.67. The van der Waals surface area contributed by atoms with Crippen molar-refractivity contribution in [2.24, 2.45) is 0 Å². The molecule has 6 rings (SSSR count). The van der Waals surface area contributed by atoms with Crippen LogP contribution in [0.2, 0.25) is 0 Å². The van der Waals surface area contributed by atoms with Crippen LogP contribution in [0.25, 0.3) is 28.3 Å². The molecule has 0 amide bonds. The minimum atomic E-state index is -1.27. The van der Waals surface area contributed by atoms with Gasteiger partial charge in [-0.2, -0.15) is 14.6 Å². The van der Waals surface area contributed by atoms with E-state index in [4.69, 9.17) is 20.0 Å². The molecular formula is C25H25F2N9O4. The number of halogens is 2. The number of rotatable bonds is 8. The largest absolute Gasteiger partial charge is 0.479 e. The van der Waals surface area contributed by atoms with Crippen LogP contribution < -0.4 is 15.4 Å². The zero-order valence-electron chi connectivity index (χ0n) is 21.4. The van der Waals surface area contributed by atoms with E-state index in [1.54, 1.807) is 34.2 Å². The number of piperazine rings is 1. The van der Waals surface area contributed by atoms with Crippen molar-refractivity contribution in [2.45, 2.75) is 19.6 Å². The summed E-state index contributed by atoms with van der Waals surface area (Å²) in [5.74, 6) is -2.15. The van der Waals surface area contributed by atoms with E-state index in [1.165, 1.54) is 17.5 Å². The van der Waals surface area contributed by atoms with E-state index in [0.29, 0.717) is 67.5 Å². The molecule has 5 heterocycles. The van der Waals surface area contributed by atoms with Gasteiger partial charge in [-0.3, -0.25) is 4.90 Å². The third-order valence-corrected chi connectivity index (χ3v) is 6.83. The predicted octanol–water partition coefficient (Wildman–Crippen LogP) is 2.27. The molecule has 1 fully saturated rings. The molecule has 0 unspecified atom stereocenters. The van der Waals surface area contributed by atoms with Crippen LogP contribution in [0.1, 0.15) is 6.92 Å². The van der Waals surface area contributed by atoms with E-state index in [2.05, 4.69) is 25.1 Å². The second-order valence-corrected chi connectivity index (χ2v) is 9.38. The number of carbonyl (C=O) groups is 1. The summed E-state index contributed by atoms with van der Waals surface area (Å²) < 4.78 is 42.6. The van der Waals surface area contributed by atoms with Crippen molar-refractivity contribution < 1.29 is 27.8 Å². The lowest BCUT2D eigenvalue weighted by atomic mass is 10.2. The number of aliphatic carboxylic acids is 1. The number of ether oxygens (including phenoxy) is 1. The van der Waals surface area contributed by atoms with Crippen LogP contribution in [0.5, 0.6) is 5.75 Å². The first-order chi connectivity index (χ1) is 19.3. The van der Waals surface area contributed by atoms with Crippen LogP contribution in [-0.2, 0) is 11.3 Å². The Labute approximate surface area is 225 Å². The molecule has 1 aliphatic rings. The average molecular weight is 554 g/mol. The van der Waals surface area contributed by atoms with Gasteiger partial charge in [0.15, 0.2) is 34.7 Å². The number of fused-ring (bicyclic) bond motifs is 3. The van der Waals surface area contributed by atoms with Crippen molar-refractivity contribution in [3.8, 4) is 17.3 Å². The number of hydrogen-bond acceptors (Lipinski definition) is 10. The van der Waals surface area contributed by atoms with Gasteiger partial charge in [-0.15, -0.1) is 5.10 Å². The monoisotopic (exact) mass is 553 g/mol. The Morgan fingerprint density at radius 2 is 1.95 bits per heavy atom. The van der Waals surface area contributed by atoms with Crippen molar-refractivity contribution >= 4 is 34.3 Å². The minimum Gasteiger partial charge on any atom is -0.479 e. The number of carboxylic acid groups (broad SMARTS) is 1. The molecule has 0 saturated carbocycles. The molecule has 5 aromatic rings. The number of nitrogens with zero attached hydrogens (tertiary/aromatic N) is 8. The van der Waals surface area contributed by atoms with Crippen molar-refractivity contribution in [1.29, 1.82) is 0 Å². The fourth-order valence-electron chi connectivity index (χ4n) is 4.67. The third-order valence-electron chi connectivity index (χ3n) is 6.83. The molecule has 1 aliphatic heterocycles. The molecule has 0 spiro atoms. The number of anilines is 2. The number of aromatic nitrogens is 6. The quantitative estimate of drug-likeness (QED) is 0.291. The summed E-state index contributed by atoms with van der Waals surface area (Å²) in [6.07, 6.45) is 1.95. The maximum absolute atomic E-state index is 14.6. The first-order valence-electron chi connectivity index (χ1n) is 12.6. The highest BCUT2D eigenvalue weighted by atomic mass is 19.1. The Bertz CT molecular complexity index is 1690. The molecule has 0 aliphatic carbocycles. The Hall–Kier alpha value is -4.79. The molecule has 1 aromatic carbocycles. The number of hydrogen-bond donors (Lipinski definition) is 2. The number of nitrogen functional groups attached to an aromatic ring is 1. The second kappa shape index (κ2) is 10.1. The van der Waals surface area contributed by atoms with E-state index in [-0.39, 0.29) is 17.4 Å². The highest BCUT2D eigenvalue weighted by Crippen LogP contribution is 2.30. The molecule has 4 aromatic heterocycles. The summed E-state index contributed by atoms with van der Waals surface area (Å²) >= 11 is 0. The normalized spacial score (nSPS) is 15.2. The fraction of sp³-hybridized carbons (Fsp3) is 0.320. The lowest BCUT2D eigenvalue weighted by Gasteiger charge is -2.36. The standard InChI is InChI=1S/C25H25F2N9O4/c1-14(24(37)38)40-20-12-18(16(26)11-17(20)27)34-7-4-33(5-8-34)6-9-35-22-15(13-29-35)23-30-21(19-3-2-10-39-19)32-36(23)25(28)31-22/h2-3,10-14H,4-9H2,1H3,(H2,28,31)(H,37,38)/t14-/m1/s1. The molecule has 208 valence electrons. The maximum Gasteiger partial charge on any atom is 0.344 e. The van der Waals surface area contributed by atoms with Crippen molar-refractivity contribution in [3.05, 3.63) is 48.4 Å². The zero-order valence-corrected chi connectivity index (χ0v) is 21.4. The first kappa shape index (κ1) is 25.5. The van der Waals surface area contributed by atoms with Crippen LogP contribution in [-0.4, -0.2) is 84.2 Å². The van der Waals surface area contributed by atoms with E-state index < -0.39 is 23.7 Å². The highest BCUT2D eigenvalue weighted by molar-refractivity contribution is 5.90. The van der Waals surface area contributed by atoms with Crippen molar-refractivity contribution in [2.75, 3.05) is 43.4 Å². The molecular weight excluding hydrogens is 528 g/mol. The van der Waals surface area contributed by atoms with Gasteiger partial charge in [0.05, 0.1) is 30.1 Å². The Balaban J connectivity index is 1.13. The molecule has 1 saturated heterocycles. The summed E-state index contributed by atoms with van der Waals surface area (Å²) in [7, 11) is 0. The van der Waals surface area contributed by atoms with E-state index >= 15 is 0 Å². The first-order valence-corrected chi connectivity index (χ1v) is 12.6. The number of nitrogens with two attached hydrogens (primary N) is 1. The van der Waals surface area contributed by atoms with Gasteiger partial charge in [-0.05, 0) is 19.1 Å². The van der Waals surface area contributed by atoms with Gasteiger partial charge < -0.3 is 24.9 Å². The smallest absolute Gasteiger partial charge is 0.344 e. The lowest BCUT2D eigenvalue weighted by Crippen LogP contribution is -2.47. The van der Waals surface area contributed by atoms with Crippen LogP contribution in [0.4, 0.5) is 20.4 Å². The molecule has 0 radical (unpaired) electrons. The Morgan fingerprint density at radius 3 is 2.67 bits per heavy atom. The third kappa shape index (κ3) is 4.64. The maximum atomic E-state index is 14.6. The van der Waals surface area contributed by atoms with Crippen LogP contribution >= 0.6 is 0 Å². The predicted molar refractivity (Wildman–Crippen MR) is 139 cm³/mol. The van der Waals surface area contributed by atoms with Gasteiger partial charge in [-0.1, -0.05) is 0 Å². The Kier molecular flexibility index (Phi) is 6.42. The molecule has 15 heteroatoms. The topological polar surface area (TPSA) is 153 Å². The van der Waals surface area contributed by atoms with Crippen LogP contribution in [0, 0.1) is 11.6 Å². The van der Waals surface area contributed by atoms with Gasteiger partial charge in [0.25, 0.3) is 0 Å². The fourth-order valence-corrected chi connectivity index (χ4v) is 4.67. The average Bonchev–Trinajstić information content (AvgIpc) is 3.69. The van der Waals surface area contributed by atoms with E-state index in [0.717, 1.165) is 6.07 Å². The Morgan fingerprint density at radius 1 is 1.15 bits per heavy atom. The van der Waals surface area contributed by atoms with Gasteiger partial charge in [-0.25, -0.2) is 23.2 Å². The molecule has 1 atom stereocenters. The van der Waals surface area contributed by atoms with Gasteiger partial charge in [0.1, 0.15) is 5.82 Å². The van der Waals surface area contributed by atoms with Gasteiger partial charge in [0, 0.05) is 44.9 Å². The lowest BCUT2D eigenvalue weighted by molar-refractivity contribution is -0.144. The molecule has 0 bridgehead atoms. The van der Waals surface area contributed by atoms with Crippen LogP contribution in [0.3, 0.4) is 0 Å². The molecule has 40 heavy (non-hydrogen) atoms. The summed E-state index contributed by atoms with van der Waals surface area (Å²) in [5, 5.41) is 18.6. The van der Waals surface area contributed by atoms with Gasteiger partial charge in [0.2, 0.25) is 11.8 Å². The summed E-state index contributed by atoms with van der Waals surface area (Å²) in [6, 6.07) is 5.45. The minimum absolute atomic E-state index is 0.164. The molecule has 3 N–H and O–H groups in total. The number of furan rings is 1.